The molecular weight excluding hydrogens is 328 g/mol. The summed E-state index contributed by atoms with van der Waals surface area (Å²) < 4.78 is 0. The second-order valence-electron chi connectivity index (χ2n) is 5.22. The Hall–Kier alpha value is -2.80. The molecule has 0 spiro atoms. The van der Waals surface area contributed by atoms with Gasteiger partial charge in [-0.15, -0.1) is 0 Å². The van der Waals surface area contributed by atoms with Crippen LogP contribution in [0.2, 0.25) is 0 Å². The SMILES string of the molecule is Cc1ccccc1N1C(=O)SC(Nc2ccccc2C(=O)O)C1=O. The van der Waals surface area contributed by atoms with E-state index < -0.39 is 17.3 Å². The number of hydrogen-bond donors (Lipinski definition) is 2. The monoisotopic (exact) mass is 342 g/mol. The van der Waals surface area contributed by atoms with Crippen molar-refractivity contribution in [1.29, 1.82) is 0 Å². The van der Waals surface area contributed by atoms with Crippen molar-refractivity contribution in [2.45, 2.75) is 12.3 Å². The fraction of sp³-hybridized carbons (Fsp3) is 0.118. The summed E-state index contributed by atoms with van der Waals surface area (Å²) in [5.41, 5.74) is 1.70. The van der Waals surface area contributed by atoms with Crippen molar-refractivity contribution in [2.24, 2.45) is 0 Å². The number of hydrogen-bond acceptors (Lipinski definition) is 5. The Morgan fingerprint density at radius 2 is 1.79 bits per heavy atom. The number of para-hydroxylation sites is 2. The highest BCUT2D eigenvalue weighted by Gasteiger charge is 2.41. The molecule has 1 unspecified atom stereocenters. The van der Waals surface area contributed by atoms with Crippen molar-refractivity contribution in [3.8, 4) is 0 Å². The number of carboxylic acid groups (broad SMARTS) is 1. The lowest BCUT2D eigenvalue weighted by atomic mass is 10.1. The third-order valence-corrected chi connectivity index (χ3v) is 4.59. The average molecular weight is 342 g/mol. The summed E-state index contributed by atoms with van der Waals surface area (Å²) in [4.78, 5) is 37.3. The van der Waals surface area contributed by atoms with Crippen LogP contribution in [0.15, 0.2) is 48.5 Å². The van der Waals surface area contributed by atoms with Crippen molar-refractivity contribution in [3.05, 3.63) is 59.7 Å². The topological polar surface area (TPSA) is 86.7 Å². The lowest BCUT2D eigenvalue weighted by molar-refractivity contribution is -0.116. The van der Waals surface area contributed by atoms with Gasteiger partial charge in [0.25, 0.3) is 11.1 Å². The molecule has 2 aromatic rings. The van der Waals surface area contributed by atoms with Crippen molar-refractivity contribution < 1.29 is 19.5 Å². The van der Waals surface area contributed by atoms with E-state index in [1.807, 2.05) is 19.1 Å². The van der Waals surface area contributed by atoms with E-state index in [0.717, 1.165) is 22.2 Å². The smallest absolute Gasteiger partial charge is 0.337 e. The van der Waals surface area contributed by atoms with Crippen LogP contribution in [0.3, 0.4) is 0 Å². The molecule has 122 valence electrons. The molecule has 1 heterocycles. The van der Waals surface area contributed by atoms with Crippen molar-refractivity contribution >= 4 is 40.3 Å². The number of carbonyl (C=O) groups excluding carboxylic acids is 2. The number of carbonyl (C=O) groups is 3. The summed E-state index contributed by atoms with van der Waals surface area (Å²) in [6.07, 6.45) is 0. The van der Waals surface area contributed by atoms with E-state index in [-0.39, 0.29) is 10.8 Å². The molecule has 6 nitrogen and oxygen atoms in total. The van der Waals surface area contributed by atoms with Crippen LogP contribution in [0.5, 0.6) is 0 Å². The van der Waals surface area contributed by atoms with Gasteiger partial charge in [-0.05, 0) is 42.4 Å². The number of rotatable bonds is 4. The lowest BCUT2D eigenvalue weighted by Crippen LogP contribution is -2.35. The minimum Gasteiger partial charge on any atom is -0.478 e. The molecule has 1 aliphatic rings. The summed E-state index contributed by atoms with van der Waals surface area (Å²) >= 11 is 0.834. The van der Waals surface area contributed by atoms with E-state index in [1.54, 1.807) is 30.3 Å². The van der Waals surface area contributed by atoms with E-state index in [1.165, 1.54) is 6.07 Å². The number of amides is 2. The molecule has 0 bridgehead atoms. The molecule has 2 N–H and O–H groups in total. The molecule has 1 fully saturated rings. The van der Waals surface area contributed by atoms with Crippen LogP contribution >= 0.6 is 11.8 Å². The molecule has 2 aromatic carbocycles. The second kappa shape index (κ2) is 6.37. The van der Waals surface area contributed by atoms with Gasteiger partial charge in [0, 0.05) is 5.69 Å². The van der Waals surface area contributed by atoms with Gasteiger partial charge < -0.3 is 10.4 Å². The second-order valence-corrected chi connectivity index (χ2v) is 6.28. The van der Waals surface area contributed by atoms with Crippen molar-refractivity contribution in [3.63, 3.8) is 0 Å². The van der Waals surface area contributed by atoms with E-state index in [2.05, 4.69) is 5.32 Å². The molecular formula is C17H14N2O4S. The maximum Gasteiger partial charge on any atom is 0.337 e. The lowest BCUT2D eigenvalue weighted by Gasteiger charge is -2.17. The first-order chi connectivity index (χ1) is 11.5. The van der Waals surface area contributed by atoms with Crippen LogP contribution in [0.4, 0.5) is 16.2 Å². The number of anilines is 2. The highest BCUT2D eigenvalue weighted by atomic mass is 32.2. The molecule has 7 heteroatoms. The van der Waals surface area contributed by atoms with Gasteiger partial charge in [-0.25, -0.2) is 9.69 Å². The predicted molar refractivity (Wildman–Crippen MR) is 92.5 cm³/mol. The Bertz CT molecular complexity index is 837. The number of imide groups is 1. The van der Waals surface area contributed by atoms with Crippen LogP contribution < -0.4 is 10.2 Å². The summed E-state index contributed by atoms with van der Waals surface area (Å²) in [6.45, 7) is 1.82. The maximum absolute atomic E-state index is 12.6. The third-order valence-electron chi connectivity index (χ3n) is 3.65. The van der Waals surface area contributed by atoms with E-state index >= 15 is 0 Å². The Labute approximate surface area is 142 Å². The number of benzene rings is 2. The van der Waals surface area contributed by atoms with Crippen molar-refractivity contribution in [2.75, 3.05) is 10.2 Å². The number of carboxylic acids is 1. The summed E-state index contributed by atoms with van der Waals surface area (Å²) in [5.74, 6) is -1.52. The Balaban J connectivity index is 1.88. The minimum absolute atomic E-state index is 0.0488. The van der Waals surface area contributed by atoms with Gasteiger partial charge in [0.05, 0.1) is 11.3 Å². The summed E-state index contributed by atoms with van der Waals surface area (Å²) in [7, 11) is 0. The standard InChI is InChI=1S/C17H14N2O4S/c1-10-6-2-5-9-13(10)19-15(20)14(24-17(19)23)18-12-8-4-3-7-11(12)16(21)22/h2-9,14,18H,1H3,(H,21,22). The Kier molecular flexibility index (Phi) is 4.26. The number of thioether (sulfide) groups is 1. The Morgan fingerprint density at radius 1 is 1.12 bits per heavy atom. The van der Waals surface area contributed by atoms with E-state index in [4.69, 9.17) is 0 Å². The molecule has 2 amide bonds. The molecule has 1 saturated heterocycles. The Morgan fingerprint density at radius 3 is 2.50 bits per heavy atom. The first kappa shape index (κ1) is 16.1. The maximum atomic E-state index is 12.6. The van der Waals surface area contributed by atoms with Crippen LogP contribution in [-0.2, 0) is 4.79 Å². The van der Waals surface area contributed by atoms with Crippen molar-refractivity contribution in [1.82, 2.24) is 0 Å². The van der Waals surface area contributed by atoms with Gasteiger partial charge in [-0.2, -0.15) is 0 Å². The van der Waals surface area contributed by atoms with Crippen LogP contribution in [0.1, 0.15) is 15.9 Å². The molecule has 1 atom stereocenters. The van der Waals surface area contributed by atoms with Crippen LogP contribution in [0.25, 0.3) is 0 Å². The molecule has 1 aliphatic heterocycles. The van der Waals surface area contributed by atoms with Crippen LogP contribution in [0, 0.1) is 6.92 Å². The number of aryl methyl sites for hydroxylation is 1. The predicted octanol–water partition coefficient (Wildman–Crippen LogP) is 3.33. The van der Waals surface area contributed by atoms with Gasteiger partial charge in [0.2, 0.25) is 0 Å². The van der Waals surface area contributed by atoms with Gasteiger partial charge >= 0.3 is 5.97 Å². The number of aromatic carboxylic acids is 1. The summed E-state index contributed by atoms with van der Waals surface area (Å²) in [5, 5.41) is 10.8. The fourth-order valence-corrected chi connectivity index (χ4v) is 3.36. The zero-order chi connectivity index (χ0) is 17.3. The normalized spacial score (nSPS) is 17.2. The van der Waals surface area contributed by atoms with Gasteiger partial charge in [-0.1, -0.05) is 30.3 Å². The van der Waals surface area contributed by atoms with E-state index in [0.29, 0.717) is 11.4 Å². The molecule has 3 rings (SSSR count). The third kappa shape index (κ3) is 2.85. The molecule has 0 aliphatic carbocycles. The minimum atomic E-state index is -1.10. The van der Waals surface area contributed by atoms with Gasteiger partial charge in [0.15, 0.2) is 5.37 Å². The molecule has 24 heavy (non-hydrogen) atoms. The molecule has 0 saturated carbocycles. The first-order valence-electron chi connectivity index (χ1n) is 7.18. The fourth-order valence-electron chi connectivity index (χ4n) is 2.47. The largest absolute Gasteiger partial charge is 0.478 e. The highest BCUT2D eigenvalue weighted by Crippen LogP contribution is 2.34. The van der Waals surface area contributed by atoms with Gasteiger partial charge in [0.1, 0.15) is 0 Å². The summed E-state index contributed by atoms with van der Waals surface area (Å²) in [6, 6.07) is 13.4. The zero-order valence-corrected chi connectivity index (χ0v) is 13.5. The zero-order valence-electron chi connectivity index (χ0n) is 12.7. The van der Waals surface area contributed by atoms with Gasteiger partial charge in [-0.3, -0.25) is 9.59 Å². The quantitative estimate of drug-likeness (QED) is 0.886. The number of nitrogens with one attached hydrogen (secondary N) is 1. The molecule has 0 radical (unpaired) electrons. The first-order valence-corrected chi connectivity index (χ1v) is 8.06. The number of nitrogens with zero attached hydrogens (tertiary/aromatic N) is 1. The molecule has 0 aromatic heterocycles. The van der Waals surface area contributed by atoms with E-state index in [9.17, 15) is 19.5 Å². The average Bonchev–Trinajstić information content (AvgIpc) is 2.82. The van der Waals surface area contributed by atoms with Crippen LogP contribution in [-0.4, -0.2) is 27.6 Å². The highest BCUT2D eigenvalue weighted by molar-refractivity contribution is 8.16.